The van der Waals surface area contributed by atoms with Gasteiger partial charge in [0.2, 0.25) is 0 Å². The average Bonchev–Trinajstić information content (AvgIpc) is 2.77. The van der Waals surface area contributed by atoms with Gasteiger partial charge in [0.15, 0.2) is 0 Å². The van der Waals surface area contributed by atoms with E-state index in [9.17, 15) is 0 Å². The summed E-state index contributed by atoms with van der Waals surface area (Å²) in [6, 6.07) is 8.82. The zero-order chi connectivity index (χ0) is 12.8. The Kier molecular flexibility index (Phi) is 5.02. The van der Waals surface area contributed by atoms with Gasteiger partial charge in [0.25, 0.3) is 0 Å². The van der Waals surface area contributed by atoms with E-state index in [4.69, 9.17) is 10.5 Å². The number of hydrogen-bond acceptors (Lipinski definition) is 3. The lowest BCUT2D eigenvalue weighted by Crippen LogP contribution is -2.26. The van der Waals surface area contributed by atoms with Crippen molar-refractivity contribution in [2.45, 2.75) is 38.8 Å². The molecule has 100 valence electrons. The minimum atomic E-state index is 0.363. The van der Waals surface area contributed by atoms with Gasteiger partial charge in [0.1, 0.15) is 5.75 Å². The fourth-order valence-electron chi connectivity index (χ4n) is 2.29. The van der Waals surface area contributed by atoms with E-state index >= 15 is 0 Å². The highest BCUT2D eigenvalue weighted by Gasteiger charge is 2.18. The molecule has 0 unspecified atom stereocenters. The van der Waals surface area contributed by atoms with E-state index in [2.05, 4.69) is 36.1 Å². The lowest BCUT2D eigenvalue weighted by Gasteiger charge is -2.15. The molecular weight excluding hydrogens is 224 g/mol. The summed E-state index contributed by atoms with van der Waals surface area (Å²) in [5.74, 6) is 0.977. The highest BCUT2D eigenvalue weighted by Crippen LogP contribution is 2.16. The largest absolute Gasteiger partial charge is 0.494 e. The molecule has 1 fully saturated rings. The molecule has 0 spiro atoms. The maximum Gasteiger partial charge on any atom is 0.119 e. The Morgan fingerprint density at radius 1 is 1.33 bits per heavy atom. The maximum absolute atomic E-state index is 5.91. The van der Waals surface area contributed by atoms with Gasteiger partial charge in [-0.05, 0) is 30.5 Å². The summed E-state index contributed by atoms with van der Waals surface area (Å²) in [7, 11) is 0. The van der Waals surface area contributed by atoms with Crippen LogP contribution in [0.4, 0.5) is 0 Å². The quantitative estimate of drug-likeness (QED) is 0.786. The fourth-order valence-corrected chi connectivity index (χ4v) is 2.29. The van der Waals surface area contributed by atoms with Crippen LogP contribution in [0.15, 0.2) is 24.3 Å². The molecule has 0 aliphatic carbocycles. The van der Waals surface area contributed by atoms with Gasteiger partial charge in [-0.2, -0.15) is 0 Å². The Balaban J connectivity index is 1.80. The number of nitrogens with two attached hydrogens (primary N) is 1. The van der Waals surface area contributed by atoms with E-state index in [-0.39, 0.29) is 0 Å². The van der Waals surface area contributed by atoms with Gasteiger partial charge in [-0.15, -0.1) is 0 Å². The standard InChI is InChI=1S/C15H24N2O/c1-2-3-10-18-15-6-4-13(5-7-15)11-17-9-8-14(16)12-17/h4-7,14H,2-3,8-12,16H2,1H3/t14-/m0/s1. The molecule has 0 bridgehead atoms. The van der Waals surface area contributed by atoms with Gasteiger partial charge >= 0.3 is 0 Å². The van der Waals surface area contributed by atoms with Crippen molar-refractivity contribution in [2.75, 3.05) is 19.7 Å². The second kappa shape index (κ2) is 6.76. The van der Waals surface area contributed by atoms with E-state index in [0.717, 1.165) is 44.8 Å². The second-order valence-corrected chi connectivity index (χ2v) is 5.13. The lowest BCUT2D eigenvalue weighted by atomic mass is 10.2. The number of benzene rings is 1. The van der Waals surface area contributed by atoms with Gasteiger partial charge in [-0.1, -0.05) is 25.5 Å². The summed E-state index contributed by atoms with van der Waals surface area (Å²) in [6.07, 6.45) is 3.42. The van der Waals surface area contributed by atoms with Crippen LogP contribution in [0.3, 0.4) is 0 Å². The van der Waals surface area contributed by atoms with E-state index < -0.39 is 0 Å². The molecule has 0 aromatic heterocycles. The molecule has 2 N–H and O–H groups in total. The smallest absolute Gasteiger partial charge is 0.119 e. The minimum Gasteiger partial charge on any atom is -0.494 e. The molecule has 0 saturated carbocycles. The topological polar surface area (TPSA) is 38.5 Å². The lowest BCUT2D eigenvalue weighted by molar-refractivity contribution is 0.308. The summed E-state index contributed by atoms with van der Waals surface area (Å²) >= 11 is 0. The SMILES string of the molecule is CCCCOc1ccc(CN2CC[C@H](N)C2)cc1. The fraction of sp³-hybridized carbons (Fsp3) is 0.600. The van der Waals surface area contributed by atoms with Crippen LogP contribution in [0.1, 0.15) is 31.7 Å². The average molecular weight is 248 g/mol. The third kappa shape index (κ3) is 4.00. The maximum atomic E-state index is 5.91. The number of rotatable bonds is 6. The van der Waals surface area contributed by atoms with Crippen molar-refractivity contribution in [3.8, 4) is 5.75 Å². The first-order valence-corrected chi connectivity index (χ1v) is 6.97. The van der Waals surface area contributed by atoms with Crippen LogP contribution in [0.5, 0.6) is 5.75 Å². The van der Waals surface area contributed by atoms with E-state index in [1.165, 1.54) is 12.0 Å². The first kappa shape index (κ1) is 13.4. The minimum absolute atomic E-state index is 0.363. The Bertz CT molecular complexity index is 350. The third-order valence-electron chi connectivity index (χ3n) is 3.40. The molecule has 1 aliphatic rings. The third-order valence-corrected chi connectivity index (χ3v) is 3.40. The molecule has 2 rings (SSSR count). The zero-order valence-corrected chi connectivity index (χ0v) is 11.3. The molecule has 1 aromatic carbocycles. The van der Waals surface area contributed by atoms with Crippen molar-refractivity contribution in [2.24, 2.45) is 5.73 Å². The predicted molar refractivity (Wildman–Crippen MR) is 74.7 cm³/mol. The Hall–Kier alpha value is -1.06. The Labute approximate surface area is 110 Å². The number of ether oxygens (including phenoxy) is 1. The first-order valence-electron chi connectivity index (χ1n) is 6.97. The molecule has 1 heterocycles. The molecule has 0 radical (unpaired) electrons. The monoisotopic (exact) mass is 248 g/mol. The molecule has 18 heavy (non-hydrogen) atoms. The van der Waals surface area contributed by atoms with Crippen LogP contribution in [-0.2, 0) is 6.54 Å². The van der Waals surface area contributed by atoms with Crippen LogP contribution in [0, 0.1) is 0 Å². The molecule has 3 nitrogen and oxygen atoms in total. The van der Waals surface area contributed by atoms with Crippen LogP contribution >= 0.6 is 0 Å². The molecule has 1 aromatic rings. The van der Waals surface area contributed by atoms with Crippen LogP contribution in [0.2, 0.25) is 0 Å². The Morgan fingerprint density at radius 2 is 2.11 bits per heavy atom. The Morgan fingerprint density at radius 3 is 2.72 bits per heavy atom. The normalized spacial score (nSPS) is 20.2. The summed E-state index contributed by atoms with van der Waals surface area (Å²) in [5, 5.41) is 0. The highest BCUT2D eigenvalue weighted by molar-refractivity contribution is 5.27. The second-order valence-electron chi connectivity index (χ2n) is 5.13. The highest BCUT2D eigenvalue weighted by atomic mass is 16.5. The first-order chi connectivity index (χ1) is 8.78. The number of nitrogens with zero attached hydrogens (tertiary/aromatic N) is 1. The van der Waals surface area contributed by atoms with E-state index in [1.807, 2.05) is 0 Å². The predicted octanol–water partition coefficient (Wildman–Crippen LogP) is 2.40. The van der Waals surface area contributed by atoms with Crippen molar-refractivity contribution < 1.29 is 4.74 Å². The summed E-state index contributed by atoms with van der Waals surface area (Å²) in [6.45, 7) is 6.14. The van der Waals surface area contributed by atoms with Crippen molar-refractivity contribution in [1.82, 2.24) is 4.90 Å². The summed E-state index contributed by atoms with van der Waals surface area (Å²) in [4.78, 5) is 2.41. The van der Waals surface area contributed by atoms with E-state index in [0.29, 0.717) is 6.04 Å². The van der Waals surface area contributed by atoms with Gasteiger partial charge in [0.05, 0.1) is 6.61 Å². The van der Waals surface area contributed by atoms with Crippen molar-refractivity contribution in [3.63, 3.8) is 0 Å². The molecule has 1 saturated heterocycles. The van der Waals surface area contributed by atoms with Crippen molar-refractivity contribution in [3.05, 3.63) is 29.8 Å². The molecule has 3 heteroatoms. The van der Waals surface area contributed by atoms with Crippen molar-refractivity contribution >= 4 is 0 Å². The number of hydrogen-bond donors (Lipinski definition) is 1. The van der Waals surface area contributed by atoms with Gasteiger partial charge in [0, 0.05) is 25.7 Å². The van der Waals surface area contributed by atoms with Crippen molar-refractivity contribution in [1.29, 1.82) is 0 Å². The number of unbranched alkanes of at least 4 members (excludes halogenated alkanes) is 1. The van der Waals surface area contributed by atoms with Crippen LogP contribution in [0.25, 0.3) is 0 Å². The van der Waals surface area contributed by atoms with Gasteiger partial charge in [-0.3, -0.25) is 4.90 Å². The summed E-state index contributed by atoms with van der Waals surface area (Å²) < 4.78 is 5.65. The summed E-state index contributed by atoms with van der Waals surface area (Å²) in [5.41, 5.74) is 7.25. The van der Waals surface area contributed by atoms with E-state index in [1.54, 1.807) is 0 Å². The van der Waals surface area contributed by atoms with Gasteiger partial charge < -0.3 is 10.5 Å². The molecule has 0 amide bonds. The van der Waals surface area contributed by atoms with Crippen LogP contribution < -0.4 is 10.5 Å². The molecule has 1 atom stereocenters. The van der Waals surface area contributed by atoms with Gasteiger partial charge in [-0.25, -0.2) is 0 Å². The molecular formula is C15H24N2O. The van der Waals surface area contributed by atoms with Crippen LogP contribution in [-0.4, -0.2) is 30.6 Å². The zero-order valence-electron chi connectivity index (χ0n) is 11.3. The molecule has 1 aliphatic heterocycles. The number of likely N-dealkylation sites (tertiary alicyclic amines) is 1.